The van der Waals surface area contributed by atoms with Crippen LogP contribution in [0.3, 0.4) is 0 Å². The Balaban J connectivity index is 1.28. The molecule has 128 valence electrons. The first kappa shape index (κ1) is 15.5. The van der Waals surface area contributed by atoms with Crippen molar-refractivity contribution in [3.05, 3.63) is 29.8 Å². The molecule has 0 radical (unpaired) electrons. The molecule has 2 N–H and O–H groups in total. The van der Waals surface area contributed by atoms with Crippen molar-refractivity contribution in [2.24, 2.45) is 11.8 Å². The van der Waals surface area contributed by atoms with Crippen LogP contribution in [0.5, 0.6) is 5.75 Å². The molecule has 1 aromatic rings. The standard InChI is InChI=1S/C19H24N2O3/c22-17(21-18(12-4-5-12)13-6-7-13)11-24-16-3-1-2-14(10-16)19(23)20-15-8-9-15/h1-3,10,12-13,15,18H,4-9,11H2,(H,20,23)(H,21,22). The molecular formula is C19H24N2O3. The summed E-state index contributed by atoms with van der Waals surface area (Å²) in [6.45, 7) is 0.00361. The summed E-state index contributed by atoms with van der Waals surface area (Å²) < 4.78 is 5.59. The van der Waals surface area contributed by atoms with Crippen molar-refractivity contribution >= 4 is 11.8 Å². The molecule has 3 saturated carbocycles. The monoisotopic (exact) mass is 328 g/mol. The van der Waals surface area contributed by atoms with Gasteiger partial charge in [0, 0.05) is 17.6 Å². The van der Waals surface area contributed by atoms with Gasteiger partial charge in [-0.15, -0.1) is 0 Å². The zero-order valence-corrected chi connectivity index (χ0v) is 13.8. The van der Waals surface area contributed by atoms with Gasteiger partial charge in [-0.1, -0.05) is 6.07 Å². The van der Waals surface area contributed by atoms with Crippen LogP contribution in [0.15, 0.2) is 24.3 Å². The van der Waals surface area contributed by atoms with Crippen LogP contribution in [0.1, 0.15) is 48.9 Å². The van der Waals surface area contributed by atoms with Crippen LogP contribution in [-0.4, -0.2) is 30.5 Å². The average Bonchev–Trinajstić information content (AvgIpc) is 3.44. The lowest BCUT2D eigenvalue weighted by Crippen LogP contribution is -2.40. The van der Waals surface area contributed by atoms with E-state index < -0.39 is 0 Å². The van der Waals surface area contributed by atoms with E-state index in [0.29, 0.717) is 35.2 Å². The molecule has 3 aliphatic carbocycles. The van der Waals surface area contributed by atoms with Crippen LogP contribution in [0.25, 0.3) is 0 Å². The summed E-state index contributed by atoms with van der Waals surface area (Å²) in [5.74, 6) is 1.77. The lowest BCUT2D eigenvalue weighted by atomic mass is 10.1. The number of carbonyl (C=O) groups is 2. The Morgan fingerprint density at radius 3 is 2.42 bits per heavy atom. The highest BCUT2D eigenvalue weighted by molar-refractivity contribution is 5.95. The van der Waals surface area contributed by atoms with Gasteiger partial charge in [0.2, 0.25) is 0 Å². The summed E-state index contributed by atoms with van der Waals surface area (Å²) in [5, 5.41) is 6.09. The molecule has 0 aliphatic heterocycles. The largest absolute Gasteiger partial charge is 0.484 e. The average molecular weight is 328 g/mol. The van der Waals surface area contributed by atoms with Gasteiger partial charge < -0.3 is 15.4 Å². The second kappa shape index (κ2) is 6.46. The van der Waals surface area contributed by atoms with Crippen LogP contribution in [0, 0.1) is 11.8 Å². The quantitative estimate of drug-likeness (QED) is 0.769. The van der Waals surface area contributed by atoms with Gasteiger partial charge in [-0.3, -0.25) is 9.59 Å². The lowest BCUT2D eigenvalue weighted by Gasteiger charge is -2.17. The van der Waals surface area contributed by atoms with Gasteiger partial charge in [0.15, 0.2) is 6.61 Å². The number of ether oxygens (including phenoxy) is 1. The first-order valence-corrected chi connectivity index (χ1v) is 9.02. The van der Waals surface area contributed by atoms with Gasteiger partial charge in [0.1, 0.15) is 5.75 Å². The van der Waals surface area contributed by atoms with Gasteiger partial charge in [0.25, 0.3) is 11.8 Å². The zero-order chi connectivity index (χ0) is 16.5. The van der Waals surface area contributed by atoms with E-state index in [0.717, 1.165) is 12.8 Å². The van der Waals surface area contributed by atoms with Crippen molar-refractivity contribution in [3.63, 3.8) is 0 Å². The maximum atomic E-state index is 12.1. The first-order valence-electron chi connectivity index (χ1n) is 9.02. The fraction of sp³-hybridized carbons (Fsp3) is 0.579. The summed E-state index contributed by atoms with van der Waals surface area (Å²) in [6.07, 6.45) is 7.07. The number of benzene rings is 1. The van der Waals surface area contributed by atoms with Gasteiger partial charge >= 0.3 is 0 Å². The van der Waals surface area contributed by atoms with Gasteiger partial charge in [-0.25, -0.2) is 0 Å². The molecule has 0 unspecified atom stereocenters. The third kappa shape index (κ3) is 4.08. The Morgan fingerprint density at radius 1 is 1.08 bits per heavy atom. The Kier molecular flexibility index (Phi) is 4.17. The Labute approximate surface area is 142 Å². The minimum absolute atomic E-state index is 0.00361. The summed E-state index contributed by atoms with van der Waals surface area (Å²) >= 11 is 0. The fourth-order valence-electron chi connectivity index (χ4n) is 3.13. The number of hydrogen-bond donors (Lipinski definition) is 2. The molecule has 0 saturated heterocycles. The highest BCUT2D eigenvalue weighted by Gasteiger charge is 2.42. The van der Waals surface area contributed by atoms with Crippen LogP contribution >= 0.6 is 0 Å². The minimum Gasteiger partial charge on any atom is -0.484 e. The third-order valence-corrected chi connectivity index (χ3v) is 4.97. The highest BCUT2D eigenvalue weighted by atomic mass is 16.5. The fourth-order valence-corrected chi connectivity index (χ4v) is 3.13. The molecule has 3 fully saturated rings. The van der Waals surface area contributed by atoms with E-state index in [1.165, 1.54) is 25.7 Å². The smallest absolute Gasteiger partial charge is 0.258 e. The van der Waals surface area contributed by atoms with E-state index in [2.05, 4.69) is 10.6 Å². The summed E-state index contributed by atoms with van der Waals surface area (Å²) in [5.41, 5.74) is 0.577. The second-order valence-electron chi connectivity index (χ2n) is 7.33. The molecule has 2 amide bonds. The van der Waals surface area contributed by atoms with Crippen molar-refractivity contribution in [3.8, 4) is 5.75 Å². The van der Waals surface area contributed by atoms with E-state index in [-0.39, 0.29) is 18.4 Å². The molecule has 0 bridgehead atoms. The van der Waals surface area contributed by atoms with Crippen molar-refractivity contribution in [2.75, 3.05) is 6.61 Å². The molecule has 0 atom stereocenters. The van der Waals surface area contributed by atoms with Crippen LogP contribution in [0.2, 0.25) is 0 Å². The maximum Gasteiger partial charge on any atom is 0.258 e. The number of hydrogen-bond acceptors (Lipinski definition) is 3. The van der Waals surface area contributed by atoms with E-state index in [4.69, 9.17) is 4.74 Å². The Hall–Kier alpha value is -2.04. The van der Waals surface area contributed by atoms with Crippen LogP contribution in [-0.2, 0) is 4.79 Å². The maximum absolute atomic E-state index is 12.1. The molecule has 0 spiro atoms. The van der Waals surface area contributed by atoms with Crippen LogP contribution < -0.4 is 15.4 Å². The normalized spacial score (nSPS) is 19.9. The number of amides is 2. The molecule has 0 aromatic heterocycles. The first-order chi connectivity index (χ1) is 11.7. The third-order valence-electron chi connectivity index (χ3n) is 4.97. The van der Waals surface area contributed by atoms with Crippen LogP contribution in [0.4, 0.5) is 0 Å². The molecule has 3 aliphatic rings. The van der Waals surface area contributed by atoms with Gasteiger partial charge in [-0.2, -0.15) is 0 Å². The molecule has 4 rings (SSSR count). The number of carbonyl (C=O) groups excluding carboxylic acids is 2. The predicted octanol–water partition coefficient (Wildman–Crippen LogP) is 2.26. The van der Waals surface area contributed by atoms with Gasteiger partial charge in [0.05, 0.1) is 0 Å². The number of rotatable bonds is 8. The molecule has 0 heterocycles. The minimum atomic E-state index is -0.0741. The summed E-state index contributed by atoms with van der Waals surface area (Å²) in [4.78, 5) is 24.2. The van der Waals surface area contributed by atoms with E-state index in [1.807, 2.05) is 0 Å². The topological polar surface area (TPSA) is 67.4 Å². The van der Waals surface area contributed by atoms with E-state index >= 15 is 0 Å². The predicted molar refractivity (Wildman–Crippen MR) is 89.8 cm³/mol. The van der Waals surface area contributed by atoms with E-state index in [9.17, 15) is 9.59 Å². The number of nitrogens with one attached hydrogen (secondary N) is 2. The molecule has 1 aromatic carbocycles. The van der Waals surface area contributed by atoms with Gasteiger partial charge in [-0.05, 0) is 68.6 Å². The second-order valence-corrected chi connectivity index (χ2v) is 7.33. The molecular weight excluding hydrogens is 304 g/mol. The van der Waals surface area contributed by atoms with Crippen molar-refractivity contribution in [2.45, 2.75) is 50.6 Å². The molecule has 24 heavy (non-hydrogen) atoms. The van der Waals surface area contributed by atoms with Crippen molar-refractivity contribution in [1.29, 1.82) is 0 Å². The summed E-state index contributed by atoms with van der Waals surface area (Å²) in [6, 6.07) is 7.70. The highest BCUT2D eigenvalue weighted by Crippen LogP contribution is 2.44. The molecule has 5 heteroatoms. The van der Waals surface area contributed by atoms with Crippen molar-refractivity contribution in [1.82, 2.24) is 10.6 Å². The SMILES string of the molecule is O=C(COc1cccc(C(=O)NC2CC2)c1)NC(C1CC1)C1CC1. The Morgan fingerprint density at radius 2 is 1.79 bits per heavy atom. The lowest BCUT2D eigenvalue weighted by molar-refractivity contribution is -0.124. The van der Waals surface area contributed by atoms with Crippen molar-refractivity contribution < 1.29 is 14.3 Å². The zero-order valence-electron chi connectivity index (χ0n) is 13.8. The summed E-state index contributed by atoms with van der Waals surface area (Å²) in [7, 11) is 0. The van der Waals surface area contributed by atoms with E-state index in [1.54, 1.807) is 24.3 Å². The Bertz CT molecular complexity index is 621. The molecule has 5 nitrogen and oxygen atoms in total.